The lowest BCUT2D eigenvalue weighted by molar-refractivity contribution is 0.152. The molecule has 1 aromatic rings. The second kappa shape index (κ2) is 6.21. The molecule has 0 spiro atoms. The van der Waals surface area contributed by atoms with E-state index in [-0.39, 0.29) is 6.10 Å². The predicted molar refractivity (Wildman–Crippen MR) is 73.3 cm³/mol. The maximum Gasteiger partial charge on any atom is 0.123 e. The molecule has 2 unspecified atom stereocenters. The highest BCUT2D eigenvalue weighted by Crippen LogP contribution is 2.29. The van der Waals surface area contributed by atoms with Crippen LogP contribution in [0.25, 0.3) is 0 Å². The lowest BCUT2D eigenvalue weighted by atomic mass is 10.1. The molecule has 3 heteroatoms. The van der Waals surface area contributed by atoms with Crippen molar-refractivity contribution in [3.63, 3.8) is 0 Å². The van der Waals surface area contributed by atoms with Crippen molar-refractivity contribution in [2.45, 2.75) is 38.8 Å². The fourth-order valence-corrected chi connectivity index (χ4v) is 2.38. The molecule has 1 heterocycles. The summed E-state index contributed by atoms with van der Waals surface area (Å²) in [6, 6.07) is 6.83. The number of hydrogen-bond acceptors (Lipinski definition) is 3. The summed E-state index contributed by atoms with van der Waals surface area (Å²) >= 11 is 0. The van der Waals surface area contributed by atoms with Gasteiger partial charge in [0.05, 0.1) is 6.61 Å². The van der Waals surface area contributed by atoms with Crippen molar-refractivity contribution in [2.24, 2.45) is 0 Å². The van der Waals surface area contributed by atoms with Gasteiger partial charge < -0.3 is 14.8 Å². The number of fused-ring (bicyclic) bond motifs is 1. The highest BCUT2D eigenvalue weighted by Gasteiger charge is 2.23. The van der Waals surface area contributed by atoms with E-state index in [0.29, 0.717) is 6.04 Å². The van der Waals surface area contributed by atoms with Gasteiger partial charge in [-0.3, -0.25) is 0 Å². The van der Waals surface area contributed by atoms with Crippen molar-refractivity contribution in [1.29, 1.82) is 0 Å². The van der Waals surface area contributed by atoms with Gasteiger partial charge in [-0.2, -0.15) is 0 Å². The first-order valence-corrected chi connectivity index (χ1v) is 6.71. The number of hydrogen-bond donors (Lipinski definition) is 1. The van der Waals surface area contributed by atoms with E-state index in [2.05, 4.69) is 37.4 Å². The van der Waals surface area contributed by atoms with Gasteiger partial charge in [0.25, 0.3) is 0 Å². The van der Waals surface area contributed by atoms with Gasteiger partial charge >= 0.3 is 0 Å². The SMILES string of the molecule is CCC(COC)NCC1Cc2cc(C)ccc2O1. The van der Waals surface area contributed by atoms with Gasteiger partial charge in [-0.25, -0.2) is 0 Å². The zero-order chi connectivity index (χ0) is 13.0. The monoisotopic (exact) mass is 249 g/mol. The first-order valence-electron chi connectivity index (χ1n) is 6.71. The molecule has 1 aliphatic rings. The largest absolute Gasteiger partial charge is 0.488 e. The molecule has 2 rings (SSSR count). The van der Waals surface area contributed by atoms with Crippen LogP contribution >= 0.6 is 0 Å². The van der Waals surface area contributed by atoms with Crippen molar-refractivity contribution in [2.75, 3.05) is 20.3 Å². The Morgan fingerprint density at radius 3 is 3.06 bits per heavy atom. The Balaban J connectivity index is 1.84. The summed E-state index contributed by atoms with van der Waals surface area (Å²) in [4.78, 5) is 0. The Hall–Kier alpha value is -1.06. The van der Waals surface area contributed by atoms with Crippen molar-refractivity contribution in [3.05, 3.63) is 29.3 Å². The van der Waals surface area contributed by atoms with E-state index < -0.39 is 0 Å². The highest BCUT2D eigenvalue weighted by atomic mass is 16.5. The quantitative estimate of drug-likeness (QED) is 0.839. The normalized spacial score (nSPS) is 19.4. The van der Waals surface area contributed by atoms with Crippen LogP contribution in [0.4, 0.5) is 0 Å². The Labute approximate surface area is 109 Å². The van der Waals surface area contributed by atoms with Crippen LogP contribution in [0.3, 0.4) is 0 Å². The summed E-state index contributed by atoms with van der Waals surface area (Å²) in [5, 5.41) is 3.51. The molecule has 0 aromatic heterocycles. The van der Waals surface area contributed by atoms with Crippen molar-refractivity contribution in [1.82, 2.24) is 5.32 Å². The maximum atomic E-state index is 5.93. The van der Waals surface area contributed by atoms with Crippen LogP contribution in [0, 0.1) is 6.92 Å². The van der Waals surface area contributed by atoms with Gasteiger partial charge in [0.2, 0.25) is 0 Å². The first kappa shape index (κ1) is 13.4. The zero-order valence-corrected chi connectivity index (χ0v) is 11.5. The van der Waals surface area contributed by atoms with Gasteiger partial charge in [-0.1, -0.05) is 24.6 Å². The van der Waals surface area contributed by atoms with Crippen LogP contribution in [0.1, 0.15) is 24.5 Å². The minimum Gasteiger partial charge on any atom is -0.488 e. The number of rotatable bonds is 6. The third-order valence-electron chi connectivity index (χ3n) is 3.45. The number of aryl methyl sites for hydroxylation is 1. The summed E-state index contributed by atoms with van der Waals surface area (Å²) < 4.78 is 11.1. The standard InChI is InChI=1S/C15H23NO2/c1-4-13(10-17-3)16-9-14-8-12-7-11(2)5-6-15(12)18-14/h5-7,13-14,16H,4,8-10H2,1-3H3. The molecular weight excluding hydrogens is 226 g/mol. The summed E-state index contributed by atoms with van der Waals surface area (Å²) in [6.45, 7) is 5.94. The Morgan fingerprint density at radius 2 is 2.33 bits per heavy atom. The summed E-state index contributed by atoms with van der Waals surface area (Å²) in [7, 11) is 1.75. The number of methoxy groups -OCH3 is 1. The number of benzene rings is 1. The van der Waals surface area contributed by atoms with Crippen LogP contribution < -0.4 is 10.1 Å². The molecule has 18 heavy (non-hydrogen) atoms. The molecule has 0 aliphatic carbocycles. The van der Waals surface area contributed by atoms with E-state index >= 15 is 0 Å². The lowest BCUT2D eigenvalue weighted by Crippen LogP contribution is -2.39. The molecule has 0 amide bonds. The van der Waals surface area contributed by atoms with Crippen molar-refractivity contribution in [3.8, 4) is 5.75 Å². The molecule has 1 aromatic carbocycles. The summed E-state index contributed by atoms with van der Waals surface area (Å²) in [5.41, 5.74) is 2.64. The molecule has 2 atom stereocenters. The Morgan fingerprint density at radius 1 is 1.50 bits per heavy atom. The minimum atomic E-state index is 0.257. The molecule has 0 saturated carbocycles. The van der Waals surface area contributed by atoms with E-state index in [4.69, 9.17) is 9.47 Å². The van der Waals surface area contributed by atoms with E-state index in [1.165, 1.54) is 11.1 Å². The molecule has 1 aliphatic heterocycles. The van der Waals surface area contributed by atoms with Crippen LogP contribution in [-0.4, -0.2) is 32.4 Å². The highest BCUT2D eigenvalue weighted by molar-refractivity contribution is 5.40. The Kier molecular flexibility index (Phi) is 4.61. The zero-order valence-electron chi connectivity index (χ0n) is 11.5. The van der Waals surface area contributed by atoms with Gasteiger partial charge in [-0.15, -0.1) is 0 Å². The van der Waals surface area contributed by atoms with Gasteiger partial charge in [0, 0.05) is 26.1 Å². The van der Waals surface area contributed by atoms with E-state index in [9.17, 15) is 0 Å². The fraction of sp³-hybridized carbons (Fsp3) is 0.600. The molecule has 1 N–H and O–H groups in total. The summed E-state index contributed by atoms with van der Waals surface area (Å²) in [5.74, 6) is 1.05. The predicted octanol–water partition coefficient (Wildman–Crippen LogP) is 2.31. The fourth-order valence-electron chi connectivity index (χ4n) is 2.38. The molecular formula is C15H23NO2. The number of nitrogens with one attached hydrogen (secondary N) is 1. The minimum absolute atomic E-state index is 0.257. The summed E-state index contributed by atoms with van der Waals surface area (Å²) in [6.07, 6.45) is 2.34. The smallest absolute Gasteiger partial charge is 0.123 e. The average molecular weight is 249 g/mol. The second-order valence-corrected chi connectivity index (χ2v) is 5.02. The topological polar surface area (TPSA) is 30.5 Å². The van der Waals surface area contributed by atoms with Gasteiger partial charge in [-0.05, 0) is 25.0 Å². The van der Waals surface area contributed by atoms with Crippen LogP contribution in [0.15, 0.2) is 18.2 Å². The van der Waals surface area contributed by atoms with E-state index in [1.807, 2.05) is 0 Å². The first-order chi connectivity index (χ1) is 8.72. The lowest BCUT2D eigenvalue weighted by Gasteiger charge is -2.18. The van der Waals surface area contributed by atoms with E-state index in [0.717, 1.165) is 31.7 Å². The molecule has 0 radical (unpaired) electrons. The Bertz CT molecular complexity index is 392. The third-order valence-corrected chi connectivity index (χ3v) is 3.45. The second-order valence-electron chi connectivity index (χ2n) is 5.02. The molecule has 100 valence electrons. The average Bonchev–Trinajstić information content (AvgIpc) is 2.76. The van der Waals surface area contributed by atoms with E-state index in [1.54, 1.807) is 7.11 Å². The van der Waals surface area contributed by atoms with Crippen LogP contribution in [0.5, 0.6) is 5.75 Å². The third kappa shape index (κ3) is 3.24. The molecule has 0 saturated heterocycles. The van der Waals surface area contributed by atoms with Crippen LogP contribution in [0.2, 0.25) is 0 Å². The molecule has 0 fully saturated rings. The van der Waals surface area contributed by atoms with Gasteiger partial charge in [0.15, 0.2) is 0 Å². The van der Waals surface area contributed by atoms with Gasteiger partial charge in [0.1, 0.15) is 11.9 Å². The number of ether oxygens (including phenoxy) is 2. The maximum absolute atomic E-state index is 5.93. The molecule has 0 bridgehead atoms. The van der Waals surface area contributed by atoms with Crippen molar-refractivity contribution < 1.29 is 9.47 Å². The van der Waals surface area contributed by atoms with Crippen LogP contribution in [-0.2, 0) is 11.2 Å². The van der Waals surface area contributed by atoms with Crippen molar-refractivity contribution >= 4 is 0 Å². The molecule has 3 nitrogen and oxygen atoms in total.